The van der Waals surface area contributed by atoms with Crippen LogP contribution in [-0.4, -0.2) is 33.9 Å². The Bertz CT molecular complexity index is 379. The number of hydrogen-bond acceptors (Lipinski definition) is 3. The lowest BCUT2D eigenvalue weighted by atomic mass is 9.95. The summed E-state index contributed by atoms with van der Waals surface area (Å²) in [7, 11) is 0. The maximum atomic E-state index is 11.3. The lowest BCUT2D eigenvalue weighted by molar-refractivity contribution is -0.130. The number of likely N-dealkylation sites (tertiary alicyclic amines) is 1. The molecule has 5 heteroatoms. The van der Waals surface area contributed by atoms with Crippen LogP contribution in [0.3, 0.4) is 0 Å². The van der Waals surface area contributed by atoms with E-state index in [4.69, 9.17) is 0 Å². The van der Waals surface area contributed by atoms with Gasteiger partial charge in [0, 0.05) is 25.9 Å². The molecule has 2 heterocycles. The van der Waals surface area contributed by atoms with Crippen LogP contribution in [0.15, 0.2) is 17.0 Å². The van der Waals surface area contributed by atoms with Gasteiger partial charge < -0.3 is 4.90 Å². The lowest BCUT2D eigenvalue weighted by Crippen LogP contribution is -2.37. The quantitative estimate of drug-likeness (QED) is 0.792. The van der Waals surface area contributed by atoms with Crippen LogP contribution in [0, 0.1) is 0 Å². The van der Waals surface area contributed by atoms with Crippen molar-refractivity contribution in [1.82, 2.24) is 14.9 Å². The van der Waals surface area contributed by atoms with Crippen molar-refractivity contribution in [3.8, 4) is 0 Å². The molecule has 1 aliphatic rings. The fraction of sp³-hybridized carbons (Fsp3) is 0.545. The molecule has 0 aliphatic carbocycles. The molecule has 0 aromatic carbocycles. The van der Waals surface area contributed by atoms with Crippen LogP contribution in [0.5, 0.6) is 0 Å². The zero-order valence-corrected chi connectivity index (χ0v) is 10.8. The summed E-state index contributed by atoms with van der Waals surface area (Å²) in [6.07, 6.45) is 5.63. The Hall–Kier alpha value is -0.970. The number of carbonyl (C=O) groups is 1. The van der Waals surface area contributed by atoms with Gasteiger partial charge in [-0.3, -0.25) is 9.78 Å². The van der Waals surface area contributed by atoms with Crippen molar-refractivity contribution in [2.24, 2.45) is 0 Å². The van der Waals surface area contributed by atoms with Crippen LogP contribution in [0.25, 0.3) is 0 Å². The molecule has 1 fully saturated rings. The first-order chi connectivity index (χ1) is 7.66. The zero-order chi connectivity index (χ0) is 11.5. The molecule has 2 rings (SSSR count). The Kier molecular flexibility index (Phi) is 3.53. The van der Waals surface area contributed by atoms with Crippen LogP contribution in [0.4, 0.5) is 0 Å². The van der Waals surface area contributed by atoms with Gasteiger partial charge in [0.15, 0.2) is 0 Å². The second kappa shape index (κ2) is 4.91. The summed E-state index contributed by atoms with van der Waals surface area (Å²) in [5, 5.41) is 0. The van der Waals surface area contributed by atoms with Crippen molar-refractivity contribution in [2.45, 2.75) is 25.7 Å². The van der Waals surface area contributed by atoms with E-state index in [2.05, 4.69) is 25.9 Å². The topological polar surface area (TPSA) is 46.1 Å². The molecule has 4 nitrogen and oxygen atoms in total. The average Bonchev–Trinajstić information content (AvgIpc) is 2.30. The van der Waals surface area contributed by atoms with Gasteiger partial charge >= 0.3 is 0 Å². The van der Waals surface area contributed by atoms with E-state index in [0.29, 0.717) is 5.92 Å². The van der Waals surface area contributed by atoms with Crippen molar-refractivity contribution in [3.63, 3.8) is 0 Å². The van der Waals surface area contributed by atoms with E-state index in [1.165, 1.54) is 0 Å². The maximum Gasteiger partial charge on any atom is 0.219 e. The van der Waals surface area contributed by atoms with E-state index in [0.717, 1.165) is 36.2 Å². The Morgan fingerprint density at radius 3 is 2.94 bits per heavy atom. The number of amides is 1. The average molecular weight is 284 g/mol. The van der Waals surface area contributed by atoms with E-state index in [9.17, 15) is 4.79 Å². The highest BCUT2D eigenvalue weighted by Crippen LogP contribution is 2.25. The summed E-state index contributed by atoms with van der Waals surface area (Å²) < 4.78 is 0.746. The smallest absolute Gasteiger partial charge is 0.219 e. The van der Waals surface area contributed by atoms with Gasteiger partial charge in [0.2, 0.25) is 5.91 Å². The fourth-order valence-electron chi connectivity index (χ4n) is 2.04. The Morgan fingerprint density at radius 1 is 1.50 bits per heavy atom. The molecule has 0 saturated carbocycles. The SMILES string of the molecule is CC(=O)N1CCC[C@H](c2cnc(Br)cn2)C1. The van der Waals surface area contributed by atoms with Crippen molar-refractivity contribution in [3.05, 3.63) is 22.7 Å². The number of piperidine rings is 1. The van der Waals surface area contributed by atoms with Gasteiger partial charge in [0.05, 0.1) is 18.1 Å². The summed E-state index contributed by atoms with van der Waals surface area (Å²) in [5.41, 5.74) is 0.981. The maximum absolute atomic E-state index is 11.3. The predicted octanol–water partition coefficient (Wildman–Crippen LogP) is 1.97. The van der Waals surface area contributed by atoms with E-state index in [1.807, 2.05) is 4.90 Å². The highest BCUT2D eigenvalue weighted by Gasteiger charge is 2.23. The second-order valence-electron chi connectivity index (χ2n) is 4.07. The first kappa shape index (κ1) is 11.5. The standard InChI is InChI=1S/C11H14BrN3O/c1-8(16)15-4-2-3-9(7-15)10-5-14-11(12)6-13-10/h5-6,9H,2-4,7H2,1H3/t9-/m0/s1. The number of nitrogens with zero attached hydrogens (tertiary/aromatic N) is 3. The first-order valence-corrected chi connectivity index (χ1v) is 6.19. The number of hydrogen-bond donors (Lipinski definition) is 0. The monoisotopic (exact) mass is 283 g/mol. The summed E-state index contributed by atoms with van der Waals surface area (Å²) in [5.74, 6) is 0.480. The van der Waals surface area contributed by atoms with Crippen LogP contribution < -0.4 is 0 Å². The highest BCUT2D eigenvalue weighted by molar-refractivity contribution is 9.10. The number of carbonyl (C=O) groups excluding carboxylic acids is 1. The summed E-state index contributed by atoms with van der Waals surface area (Å²) >= 11 is 3.27. The minimum atomic E-state index is 0.148. The molecular weight excluding hydrogens is 270 g/mol. The largest absolute Gasteiger partial charge is 0.342 e. The van der Waals surface area contributed by atoms with Gasteiger partial charge in [-0.15, -0.1) is 0 Å². The van der Waals surface area contributed by atoms with Crippen molar-refractivity contribution in [2.75, 3.05) is 13.1 Å². The third-order valence-electron chi connectivity index (χ3n) is 2.93. The highest BCUT2D eigenvalue weighted by atomic mass is 79.9. The molecule has 1 amide bonds. The van der Waals surface area contributed by atoms with E-state index >= 15 is 0 Å². The minimum Gasteiger partial charge on any atom is -0.342 e. The molecule has 0 unspecified atom stereocenters. The summed E-state index contributed by atoms with van der Waals surface area (Å²) in [6, 6.07) is 0. The van der Waals surface area contributed by atoms with Crippen molar-refractivity contribution >= 4 is 21.8 Å². The molecule has 86 valence electrons. The Balaban J connectivity index is 2.09. The fourth-order valence-corrected chi connectivity index (χ4v) is 2.24. The van der Waals surface area contributed by atoms with E-state index < -0.39 is 0 Å². The van der Waals surface area contributed by atoms with Gasteiger partial charge in [-0.25, -0.2) is 4.98 Å². The number of rotatable bonds is 1. The third-order valence-corrected chi connectivity index (χ3v) is 3.33. The molecule has 0 radical (unpaired) electrons. The minimum absolute atomic E-state index is 0.148. The molecule has 1 aliphatic heterocycles. The van der Waals surface area contributed by atoms with Crippen LogP contribution in [0.1, 0.15) is 31.4 Å². The van der Waals surface area contributed by atoms with Gasteiger partial charge in [0.1, 0.15) is 4.60 Å². The Labute approximate surface area is 103 Å². The van der Waals surface area contributed by atoms with Gasteiger partial charge in [0.25, 0.3) is 0 Å². The molecule has 1 aromatic rings. The number of aromatic nitrogens is 2. The van der Waals surface area contributed by atoms with E-state index in [1.54, 1.807) is 19.3 Å². The number of halogens is 1. The third kappa shape index (κ3) is 2.58. The molecule has 16 heavy (non-hydrogen) atoms. The summed E-state index contributed by atoms with van der Waals surface area (Å²) in [4.78, 5) is 21.7. The van der Waals surface area contributed by atoms with Gasteiger partial charge in [-0.2, -0.15) is 0 Å². The molecule has 0 spiro atoms. The zero-order valence-electron chi connectivity index (χ0n) is 9.19. The normalized spacial score (nSPS) is 20.9. The second-order valence-corrected chi connectivity index (χ2v) is 4.88. The molecular formula is C11H14BrN3O. The van der Waals surface area contributed by atoms with Crippen molar-refractivity contribution in [1.29, 1.82) is 0 Å². The Morgan fingerprint density at radius 2 is 2.31 bits per heavy atom. The molecule has 1 atom stereocenters. The van der Waals surface area contributed by atoms with Crippen LogP contribution >= 0.6 is 15.9 Å². The van der Waals surface area contributed by atoms with Crippen molar-refractivity contribution < 1.29 is 4.79 Å². The van der Waals surface area contributed by atoms with Gasteiger partial charge in [-0.1, -0.05) is 0 Å². The predicted molar refractivity (Wildman–Crippen MR) is 64.0 cm³/mol. The molecule has 0 bridgehead atoms. The lowest BCUT2D eigenvalue weighted by Gasteiger charge is -2.31. The van der Waals surface area contributed by atoms with E-state index in [-0.39, 0.29) is 5.91 Å². The molecule has 0 N–H and O–H groups in total. The van der Waals surface area contributed by atoms with Gasteiger partial charge in [-0.05, 0) is 28.8 Å². The van der Waals surface area contributed by atoms with Crippen LogP contribution in [0.2, 0.25) is 0 Å². The molecule has 1 saturated heterocycles. The molecule has 1 aromatic heterocycles. The van der Waals surface area contributed by atoms with Crippen LogP contribution in [-0.2, 0) is 4.79 Å². The summed E-state index contributed by atoms with van der Waals surface area (Å²) in [6.45, 7) is 3.26. The first-order valence-electron chi connectivity index (χ1n) is 5.40.